The number of sulfonamides is 1. The van der Waals surface area contributed by atoms with Crippen molar-refractivity contribution in [3.63, 3.8) is 0 Å². The number of halogens is 1. The molecule has 0 aliphatic carbocycles. The molecule has 1 amide bonds. The van der Waals surface area contributed by atoms with E-state index in [2.05, 4.69) is 5.32 Å². The number of piperidine rings is 1. The van der Waals surface area contributed by atoms with E-state index in [9.17, 15) is 22.4 Å². The van der Waals surface area contributed by atoms with E-state index in [0.29, 0.717) is 24.9 Å². The van der Waals surface area contributed by atoms with Gasteiger partial charge in [0, 0.05) is 25.2 Å². The fourth-order valence-corrected chi connectivity index (χ4v) is 5.19. The van der Waals surface area contributed by atoms with Crippen LogP contribution in [-0.2, 0) is 21.4 Å². The highest BCUT2D eigenvalue weighted by Gasteiger charge is 2.41. The lowest BCUT2D eigenvalue weighted by atomic mass is 9.82. The van der Waals surface area contributed by atoms with E-state index in [0.717, 1.165) is 5.56 Å². The maximum Gasteiger partial charge on any atom is 0.243 e. The van der Waals surface area contributed by atoms with E-state index in [-0.39, 0.29) is 35.5 Å². The van der Waals surface area contributed by atoms with Gasteiger partial charge in [0.2, 0.25) is 15.9 Å². The van der Waals surface area contributed by atoms with Gasteiger partial charge in [0.15, 0.2) is 5.78 Å². The van der Waals surface area contributed by atoms with Crippen LogP contribution in [0.25, 0.3) is 0 Å². The summed E-state index contributed by atoms with van der Waals surface area (Å²) in [6.07, 6.45) is 1.13. The van der Waals surface area contributed by atoms with E-state index in [4.69, 9.17) is 0 Å². The molecule has 1 heterocycles. The molecule has 1 N–H and O–H groups in total. The molecule has 1 saturated heterocycles. The van der Waals surface area contributed by atoms with Gasteiger partial charge in [-0.25, -0.2) is 12.8 Å². The molecule has 8 heteroatoms. The van der Waals surface area contributed by atoms with Crippen LogP contribution in [0.1, 0.15) is 42.6 Å². The van der Waals surface area contributed by atoms with Gasteiger partial charge in [-0.05, 0) is 56.5 Å². The number of carbonyl (C=O) groups is 2. The number of hydrogen-bond donors (Lipinski definition) is 1. The van der Waals surface area contributed by atoms with Gasteiger partial charge in [-0.2, -0.15) is 4.31 Å². The monoisotopic (exact) mass is 432 g/mol. The zero-order valence-corrected chi connectivity index (χ0v) is 17.8. The molecule has 1 fully saturated rings. The normalized spacial score (nSPS) is 20.0. The number of carbonyl (C=O) groups excluding carboxylic acids is 2. The second-order valence-corrected chi connectivity index (χ2v) is 9.83. The van der Waals surface area contributed by atoms with Gasteiger partial charge in [-0.3, -0.25) is 9.59 Å². The van der Waals surface area contributed by atoms with Crippen molar-refractivity contribution in [2.75, 3.05) is 13.1 Å². The molecule has 0 unspecified atom stereocenters. The van der Waals surface area contributed by atoms with E-state index in [1.165, 1.54) is 47.6 Å². The van der Waals surface area contributed by atoms with Gasteiger partial charge in [0.1, 0.15) is 5.82 Å². The smallest absolute Gasteiger partial charge is 0.243 e. The molecule has 160 valence electrons. The van der Waals surface area contributed by atoms with Crippen LogP contribution >= 0.6 is 0 Å². The lowest BCUT2D eigenvalue weighted by Crippen LogP contribution is -2.51. The van der Waals surface area contributed by atoms with Crippen LogP contribution in [0.15, 0.2) is 53.4 Å². The standard InChI is InChI=1S/C22H25FN2O4S/c1-16(26)18-6-10-20(11-7-18)30(28,29)25-13-3-12-22(2,15-25)21(27)24-14-17-4-8-19(23)9-5-17/h4-11H,3,12-15H2,1-2H3,(H,24,27)/t22-/m1/s1. The Morgan fingerprint density at radius 3 is 2.33 bits per heavy atom. The first kappa shape index (κ1) is 22.1. The minimum absolute atomic E-state index is 0.0685. The second-order valence-electron chi connectivity index (χ2n) is 7.89. The summed E-state index contributed by atoms with van der Waals surface area (Å²) in [6, 6.07) is 11.7. The van der Waals surface area contributed by atoms with E-state index in [1.54, 1.807) is 19.1 Å². The molecule has 0 aromatic heterocycles. The van der Waals surface area contributed by atoms with E-state index < -0.39 is 15.4 Å². The second kappa shape index (κ2) is 8.65. The van der Waals surface area contributed by atoms with Crippen LogP contribution in [-0.4, -0.2) is 37.5 Å². The van der Waals surface area contributed by atoms with Gasteiger partial charge in [-0.15, -0.1) is 0 Å². The summed E-state index contributed by atoms with van der Waals surface area (Å²) in [4.78, 5) is 24.4. The van der Waals surface area contributed by atoms with Crippen LogP contribution in [0.3, 0.4) is 0 Å². The number of rotatable bonds is 6. The average molecular weight is 433 g/mol. The first-order chi connectivity index (χ1) is 14.1. The number of amides is 1. The molecule has 1 atom stereocenters. The summed E-state index contributed by atoms with van der Waals surface area (Å²) < 4.78 is 40.5. The zero-order valence-electron chi connectivity index (χ0n) is 17.0. The van der Waals surface area contributed by atoms with Crippen LogP contribution in [0, 0.1) is 11.2 Å². The SMILES string of the molecule is CC(=O)c1ccc(S(=O)(=O)N2CCC[C@@](C)(C(=O)NCc3ccc(F)cc3)C2)cc1. The first-order valence-corrected chi connectivity index (χ1v) is 11.2. The number of nitrogens with one attached hydrogen (secondary N) is 1. The predicted octanol–water partition coefficient (Wildman–Crippen LogP) is 3.14. The fourth-order valence-electron chi connectivity index (χ4n) is 3.59. The average Bonchev–Trinajstić information content (AvgIpc) is 2.73. The molecular formula is C22H25FN2O4S. The van der Waals surface area contributed by atoms with Crippen molar-refractivity contribution >= 4 is 21.7 Å². The largest absolute Gasteiger partial charge is 0.352 e. The van der Waals surface area contributed by atoms with Crippen molar-refractivity contribution in [3.05, 3.63) is 65.5 Å². The van der Waals surface area contributed by atoms with Crippen molar-refractivity contribution in [1.29, 1.82) is 0 Å². The zero-order chi connectivity index (χ0) is 21.9. The van der Waals surface area contributed by atoms with Gasteiger partial charge < -0.3 is 5.32 Å². The van der Waals surface area contributed by atoms with E-state index in [1.807, 2.05) is 0 Å². The lowest BCUT2D eigenvalue weighted by molar-refractivity contribution is -0.132. The summed E-state index contributed by atoms with van der Waals surface area (Å²) in [7, 11) is -3.78. The quantitative estimate of drug-likeness (QED) is 0.711. The van der Waals surface area contributed by atoms with Crippen molar-refractivity contribution < 1.29 is 22.4 Å². The summed E-state index contributed by atoms with van der Waals surface area (Å²) in [6.45, 7) is 3.82. The number of nitrogens with zero attached hydrogens (tertiary/aromatic N) is 1. The number of ketones is 1. The third-order valence-corrected chi connectivity index (χ3v) is 7.33. The molecule has 0 bridgehead atoms. The van der Waals surface area contributed by atoms with Crippen molar-refractivity contribution in [1.82, 2.24) is 9.62 Å². The molecule has 30 heavy (non-hydrogen) atoms. The highest BCUT2D eigenvalue weighted by Crippen LogP contribution is 2.33. The minimum atomic E-state index is -3.78. The Balaban J connectivity index is 1.71. The summed E-state index contributed by atoms with van der Waals surface area (Å²) in [5, 5.41) is 2.84. The van der Waals surface area contributed by atoms with Gasteiger partial charge >= 0.3 is 0 Å². The molecule has 0 radical (unpaired) electrons. The lowest BCUT2D eigenvalue weighted by Gasteiger charge is -2.38. The number of benzene rings is 2. The Bertz CT molecular complexity index is 1040. The van der Waals surface area contributed by atoms with Crippen molar-refractivity contribution in [2.45, 2.75) is 38.1 Å². The minimum Gasteiger partial charge on any atom is -0.352 e. The Morgan fingerprint density at radius 1 is 1.10 bits per heavy atom. The Morgan fingerprint density at radius 2 is 1.73 bits per heavy atom. The third-order valence-electron chi connectivity index (χ3n) is 5.47. The molecule has 1 aliphatic rings. The summed E-state index contributed by atoms with van der Waals surface area (Å²) in [5.41, 5.74) is 0.335. The van der Waals surface area contributed by atoms with Crippen LogP contribution in [0.4, 0.5) is 4.39 Å². The predicted molar refractivity (Wildman–Crippen MR) is 111 cm³/mol. The molecule has 2 aromatic rings. The first-order valence-electron chi connectivity index (χ1n) is 9.76. The summed E-state index contributed by atoms with van der Waals surface area (Å²) >= 11 is 0. The number of Topliss-reactive ketones (excluding diaryl/α,β-unsaturated/α-hetero) is 1. The van der Waals surface area contributed by atoms with E-state index >= 15 is 0 Å². The third kappa shape index (κ3) is 4.76. The Hall–Kier alpha value is -2.58. The van der Waals surface area contributed by atoms with Crippen LogP contribution in [0.2, 0.25) is 0 Å². The van der Waals surface area contributed by atoms with Crippen molar-refractivity contribution in [3.8, 4) is 0 Å². The number of hydrogen-bond acceptors (Lipinski definition) is 4. The maximum absolute atomic E-state index is 13.1. The topological polar surface area (TPSA) is 83.6 Å². The highest BCUT2D eigenvalue weighted by molar-refractivity contribution is 7.89. The Labute approximate surface area is 176 Å². The summed E-state index contributed by atoms with van der Waals surface area (Å²) in [5.74, 6) is -0.720. The molecule has 0 spiro atoms. The Kier molecular flexibility index (Phi) is 6.38. The van der Waals surface area contributed by atoms with Gasteiger partial charge in [-0.1, -0.05) is 24.3 Å². The van der Waals surface area contributed by atoms with Gasteiger partial charge in [0.05, 0.1) is 10.3 Å². The maximum atomic E-state index is 13.1. The van der Waals surface area contributed by atoms with Crippen LogP contribution in [0.5, 0.6) is 0 Å². The van der Waals surface area contributed by atoms with Crippen molar-refractivity contribution in [2.24, 2.45) is 5.41 Å². The molecular weight excluding hydrogens is 407 g/mol. The highest BCUT2D eigenvalue weighted by atomic mass is 32.2. The molecule has 2 aromatic carbocycles. The molecule has 0 saturated carbocycles. The molecule has 1 aliphatic heterocycles. The molecule has 6 nitrogen and oxygen atoms in total. The van der Waals surface area contributed by atoms with Crippen LogP contribution < -0.4 is 5.32 Å². The molecule has 3 rings (SSSR count). The van der Waals surface area contributed by atoms with Gasteiger partial charge in [0.25, 0.3) is 0 Å². The fraction of sp³-hybridized carbons (Fsp3) is 0.364.